The Morgan fingerprint density at radius 3 is 2.71 bits per heavy atom. The number of halogens is 1. The van der Waals surface area contributed by atoms with Gasteiger partial charge in [-0.05, 0) is 48.4 Å². The lowest BCUT2D eigenvalue weighted by Gasteiger charge is -2.29. The summed E-state index contributed by atoms with van der Waals surface area (Å²) in [6, 6.07) is 5.25. The lowest BCUT2D eigenvalue weighted by atomic mass is 9.99. The summed E-state index contributed by atoms with van der Waals surface area (Å²) >= 11 is 0. The highest BCUT2D eigenvalue weighted by Crippen LogP contribution is 2.20. The van der Waals surface area contributed by atoms with Crippen molar-refractivity contribution in [2.45, 2.75) is 19.8 Å². The number of benzene rings is 1. The minimum Gasteiger partial charge on any atom is -0.417 e. The first-order chi connectivity index (χ1) is 10.0. The zero-order valence-electron chi connectivity index (χ0n) is 11.8. The summed E-state index contributed by atoms with van der Waals surface area (Å²) in [6.45, 7) is 3.47. The molecule has 2 heterocycles. The van der Waals surface area contributed by atoms with Gasteiger partial charge in [0.05, 0.1) is 5.39 Å². The van der Waals surface area contributed by atoms with E-state index in [2.05, 4.69) is 6.92 Å². The van der Waals surface area contributed by atoms with Crippen LogP contribution in [0.15, 0.2) is 33.5 Å². The summed E-state index contributed by atoms with van der Waals surface area (Å²) in [4.78, 5) is 26.0. The van der Waals surface area contributed by atoms with Crippen molar-refractivity contribution in [2.75, 3.05) is 13.1 Å². The molecule has 0 unspecified atom stereocenters. The number of piperidine rings is 1. The SMILES string of the molecule is CC1CCN(C(=O)c2cc3cc(F)ccc3c(=O)o2)CC1. The van der Waals surface area contributed by atoms with Gasteiger partial charge in [0.2, 0.25) is 0 Å². The van der Waals surface area contributed by atoms with Gasteiger partial charge in [-0.2, -0.15) is 0 Å². The first kappa shape index (κ1) is 13.8. The van der Waals surface area contributed by atoms with Crippen LogP contribution in [-0.2, 0) is 0 Å². The average molecular weight is 289 g/mol. The second kappa shape index (κ2) is 5.31. The molecule has 0 saturated carbocycles. The zero-order valence-corrected chi connectivity index (χ0v) is 11.8. The minimum absolute atomic E-state index is 0.0207. The summed E-state index contributed by atoms with van der Waals surface area (Å²) < 4.78 is 18.4. The van der Waals surface area contributed by atoms with Gasteiger partial charge in [0, 0.05) is 13.1 Å². The molecule has 0 spiro atoms. The molecule has 0 bridgehead atoms. The fourth-order valence-electron chi connectivity index (χ4n) is 2.64. The van der Waals surface area contributed by atoms with Crippen LogP contribution in [0.1, 0.15) is 30.3 Å². The molecule has 0 aliphatic carbocycles. The number of likely N-dealkylation sites (tertiary alicyclic amines) is 1. The predicted octanol–water partition coefficient (Wildman–Crippen LogP) is 2.80. The van der Waals surface area contributed by atoms with Gasteiger partial charge in [-0.15, -0.1) is 0 Å². The van der Waals surface area contributed by atoms with Crippen molar-refractivity contribution in [3.8, 4) is 0 Å². The van der Waals surface area contributed by atoms with E-state index in [-0.39, 0.29) is 17.1 Å². The summed E-state index contributed by atoms with van der Waals surface area (Å²) in [5, 5.41) is 0.667. The molecule has 0 atom stereocenters. The maximum Gasteiger partial charge on any atom is 0.344 e. The van der Waals surface area contributed by atoms with Crippen molar-refractivity contribution in [1.29, 1.82) is 0 Å². The Morgan fingerprint density at radius 1 is 1.29 bits per heavy atom. The van der Waals surface area contributed by atoms with Gasteiger partial charge in [0.15, 0.2) is 5.76 Å². The summed E-state index contributed by atoms with van der Waals surface area (Å²) in [7, 11) is 0. The Balaban J connectivity index is 1.96. The van der Waals surface area contributed by atoms with Gasteiger partial charge in [-0.25, -0.2) is 9.18 Å². The summed E-state index contributed by atoms with van der Waals surface area (Å²) in [5.74, 6) is -0.164. The van der Waals surface area contributed by atoms with Crippen LogP contribution in [0.25, 0.3) is 10.8 Å². The smallest absolute Gasteiger partial charge is 0.344 e. The molecule has 1 saturated heterocycles. The van der Waals surface area contributed by atoms with Gasteiger partial charge in [0.1, 0.15) is 5.82 Å². The molecule has 0 radical (unpaired) electrons. The highest BCUT2D eigenvalue weighted by atomic mass is 19.1. The molecule has 3 rings (SSSR count). The fourth-order valence-corrected chi connectivity index (χ4v) is 2.64. The van der Waals surface area contributed by atoms with E-state index >= 15 is 0 Å². The van der Waals surface area contributed by atoms with E-state index in [9.17, 15) is 14.0 Å². The molecule has 5 heteroatoms. The molecule has 1 aromatic carbocycles. The van der Waals surface area contributed by atoms with Crippen LogP contribution in [0.4, 0.5) is 4.39 Å². The van der Waals surface area contributed by atoms with Gasteiger partial charge >= 0.3 is 5.63 Å². The quantitative estimate of drug-likeness (QED) is 0.811. The molecule has 1 aromatic heterocycles. The normalized spacial score (nSPS) is 16.4. The van der Waals surface area contributed by atoms with E-state index in [1.807, 2.05) is 0 Å². The van der Waals surface area contributed by atoms with Crippen molar-refractivity contribution >= 4 is 16.7 Å². The monoisotopic (exact) mass is 289 g/mol. The maximum absolute atomic E-state index is 13.3. The molecule has 1 amide bonds. The molecule has 0 N–H and O–H groups in total. The van der Waals surface area contributed by atoms with Crippen molar-refractivity contribution in [2.24, 2.45) is 5.92 Å². The Hall–Kier alpha value is -2.17. The van der Waals surface area contributed by atoms with Gasteiger partial charge in [-0.3, -0.25) is 4.79 Å². The number of amides is 1. The fraction of sp³-hybridized carbons (Fsp3) is 0.375. The number of hydrogen-bond donors (Lipinski definition) is 0. The predicted molar refractivity (Wildman–Crippen MR) is 76.7 cm³/mol. The second-order valence-corrected chi connectivity index (χ2v) is 5.60. The number of fused-ring (bicyclic) bond motifs is 1. The van der Waals surface area contributed by atoms with Crippen molar-refractivity contribution in [1.82, 2.24) is 4.90 Å². The van der Waals surface area contributed by atoms with Crippen LogP contribution in [0, 0.1) is 11.7 Å². The largest absolute Gasteiger partial charge is 0.417 e. The third-order valence-electron chi connectivity index (χ3n) is 4.00. The third kappa shape index (κ3) is 2.68. The molecular formula is C16H16FNO3. The number of carbonyl (C=O) groups excluding carboxylic acids is 1. The zero-order chi connectivity index (χ0) is 15.0. The van der Waals surface area contributed by atoms with Gasteiger partial charge in [-0.1, -0.05) is 6.92 Å². The van der Waals surface area contributed by atoms with Crippen molar-refractivity contribution in [3.63, 3.8) is 0 Å². The van der Waals surface area contributed by atoms with Crippen molar-refractivity contribution < 1.29 is 13.6 Å². The third-order valence-corrected chi connectivity index (χ3v) is 4.00. The van der Waals surface area contributed by atoms with E-state index < -0.39 is 11.4 Å². The number of carbonyl (C=O) groups is 1. The van der Waals surface area contributed by atoms with Gasteiger partial charge in [0.25, 0.3) is 5.91 Å². The highest BCUT2D eigenvalue weighted by molar-refractivity contribution is 5.95. The number of hydrogen-bond acceptors (Lipinski definition) is 3. The molecule has 4 nitrogen and oxygen atoms in total. The standard InChI is InChI=1S/C16H16FNO3/c1-10-4-6-18(7-5-10)15(19)14-9-11-8-12(17)2-3-13(11)16(20)21-14/h2-3,8-10H,4-7H2,1H3. The second-order valence-electron chi connectivity index (χ2n) is 5.60. The first-order valence-corrected chi connectivity index (χ1v) is 7.07. The van der Waals surface area contributed by atoms with Crippen LogP contribution in [0.3, 0.4) is 0 Å². The molecule has 1 aliphatic rings. The van der Waals surface area contributed by atoms with Crippen molar-refractivity contribution in [3.05, 3.63) is 46.3 Å². The van der Waals surface area contributed by atoms with Crippen LogP contribution < -0.4 is 5.63 Å². The lowest BCUT2D eigenvalue weighted by molar-refractivity contribution is 0.0661. The minimum atomic E-state index is -0.610. The Kier molecular flexibility index (Phi) is 3.49. The van der Waals surface area contributed by atoms with E-state index in [1.54, 1.807) is 4.90 Å². The molecule has 1 fully saturated rings. The molecule has 110 valence electrons. The number of nitrogens with zero attached hydrogens (tertiary/aromatic N) is 1. The molecular weight excluding hydrogens is 273 g/mol. The maximum atomic E-state index is 13.3. The number of rotatable bonds is 1. The van der Waals surface area contributed by atoms with E-state index in [0.29, 0.717) is 24.4 Å². The van der Waals surface area contributed by atoms with Crippen LogP contribution >= 0.6 is 0 Å². The lowest BCUT2D eigenvalue weighted by Crippen LogP contribution is -2.38. The van der Waals surface area contributed by atoms with Crippen LogP contribution in [-0.4, -0.2) is 23.9 Å². The summed E-state index contributed by atoms with van der Waals surface area (Å²) in [5.41, 5.74) is -0.610. The highest BCUT2D eigenvalue weighted by Gasteiger charge is 2.23. The first-order valence-electron chi connectivity index (χ1n) is 7.07. The molecule has 1 aliphatic heterocycles. The van der Waals surface area contributed by atoms with E-state index in [1.165, 1.54) is 24.3 Å². The Labute approximate surface area is 121 Å². The molecule has 2 aromatic rings. The van der Waals surface area contributed by atoms with Gasteiger partial charge < -0.3 is 9.32 Å². The summed E-state index contributed by atoms with van der Waals surface area (Å²) in [6.07, 6.45) is 1.89. The topological polar surface area (TPSA) is 50.5 Å². The molecule has 21 heavy (non-hydrogen) atoms. The van der Waals surface area contributed by atoms with E-state index in [4.69, 9.17) is 4.42 Å². The van der Waals surface area contributed by atoms with Crippen LogP contribution in [0.5, 0.6) is 0 Å². The Bertz CT molecular complexity index is 745. The Morgan fingerprint density at radius 2 is 2.00 bits per heavy atom. The average Bonchev–Trinajstić information content (AvgIpc) is 2.46. The van der Waals surface area contributed by atoms with Crippen LogP contribution in [0.2, 0.25) is 0 Å². The van der Waals surface area contributed by atoms with E-state index in [0.717, 1.165) is 12.8 Å².